The summed E-state index contributed by atoms with van der Waals surface area (Å²) in [5.74, 6) is 0.648. The summed E-state index contributed by atoms with van der Waals surface area (Å²) >= 11 is 5.83. The quantitative estimate of drug-likeness (QED) is 0.705. The van der Waals surface area contributed by atoms with E-state index in [9.17, 15) is 4.79 Å². The number of halogens is 1. The molecule has 0 saturated carbocycles. The van der Waals surface area contributed by atoms with Crippen LogP contribution in [0.3, 0.4) is 0 Å². The molecule has 14 heavy (non-hydrogen) atoms. The lowest BCUT2D eigenvalue weighted by Gasteiger charge is -2.01. The lowest BCUT2D eigenvalue weighted by atomic mass is 10.1. The van der Waals surface area contributed by atoms with Gasteiger partial charge in [0.25, 0.3) is 0 Å². The van der Waals surface area contributed by atoms with E-state index in [1.807, 2.05) is 0 Å². The first-order valence-electron chi connectivity index (χ1n) is 4.10. The zero-order chi connectivity index (χ0) is 9.97. The second-order valence-corrected chi connectivity index (χ2v) is 3.26. The van der Waals surface area contributed by atoms with Gasteiger partial charge in [0.1, 0.15) is 5.76 Å². The Labute approximate surface area is 86.1 Å². The molecule has 1 aromatic heterocycles. The Morgan fingerprint density at radius 3 is 2.79 bits per heavy atom. The molecule has 0 spiro atoms. The standard InChI is InChI=1S/C11H7ClO2/c12-9-4-3-8(7-13)10(6-9)11-2-1-5-14-11/h1-7H. The lowest BCUT2D eigenvalue weighted by Crippen LogP contribution is -1.85. The molecule has 0 unspecified atom stereocenters. The van der Waals surface area contributed by atoms with Crippen LogP contribution in [0.2, 0.25) is 5.02 Å². The predicted molar refractivity (Wildman–Crippen MR) is 54.5 cm³/mol. The molecule has 2 nitrogen and oxygen atoms in total. The molecule has 0 aliphatic carbocycles. The zero-order valence-corrected chi connectivity index (χ0v) is 7.99. The van der Waals surface area contributed by atoms with Gasteiger partial charge in [-0.1, -0.05) is 11.6 Å². The Kier molecular flexibility index (Phi) is 2.37. The van der Waals surface area contributed by atoms with Crippen molar-refractivity contribution in [3.8, 4) is 11.3 Å². The van der Waals surface area contributed by atoms with E-state index in [-0.39, 0.29) is 0 Å². The van der Waals surface area contributed by atoms with E-state index in [4.69, 9.17) is 16.0 Å². The van der Waals surface area contributed by atoms with Crippen LogP contribution in [-0.4, -0.2) is 6.29 Å². The molecule has 0 amide bonds. The maximum absolute atomic E-state index is 10.7. The van der Waals surface area contributed by atoms with Crippen LogP contribution in [0.25, 0.3) is 11.3 Å². The minimum atomic E-state index is 0.573. The van der Waals surface area contributed by atoms with Gasteiger partial charge in [0, 0.05) is 16.1 Å². The average molecular weight is 207 g/mol. The highest BCUT2D eigenvalue weighted by Gasteiger charge is 2.07. The second-order valence-electron chi connectivity index (χ2n) is 2.83. The molecular weight excluding hydrogens is 200 g/mol. The summed E-state index contributed by atoms with van der Waals surface area (Å²) in [6.07, 6.45) is 2.35. The van der Waals surface area contributed by atoms with Crippen LogP contribution in [0.5, 0.6) is 0 Å². The van der Waals surface area contributed by atoms with Crippen LogP contribution in [0, 0.1) is 0 Å². The highest BCUT2D eigenvalue weighted by molar-refractivity contribution is 6.31. The number of hydrogen-bond donors (Lipinski definition) is 0. The van der Waals surface area contributed by atoms with Crippen molar-refractivity contribution < 1.29 is 9.21 Å². The van der Waals surface area contributed by atoms with E-state index >= 15 is 0 Å². The Hall–Kier alpha value is -1.54. The molecule has 0 aliphatic rings. The molecule has 3 heteroatoms. The normalized spacial score (nSPS) is 10.1. The summed E-state index contributed by atoms with van der Waals surface area (Å²) in [4.78, 5) is 10.7. The van der Waals surface area contributed by atoms with Crippen molar-refractivity contribution in [3.63, 3.8) is 0 Å². The van der Waals surface area contributed by atoms with Gasteiger partial charge in [0.2, 0.25) is 0 Å². The third-order valence-corrected chi connectivity index (χ3v) is 2.16. The third kappa shape index (κ3) is 1.56. The first-order chi connectivity index (χ1) is 6.81. The number of furan rings is 1. The number of rotatable bonds is 2. The monoisotopic (exact) mass is 206 g/mol. The molecule has 0 atom stereocenters. The number of aldehydes is 1. The number of carbonyl (C=O) groups is 1. The zero-order valence-electron chi connectivity index (χ0n) is 7.24. The number of carbonyl (C=O) groups excluding carboxylic acids is 1. The van der Waals surface area contributed by atoms with Crippen molar-refractivity contribution in [2.75, 3.05) is 0 Å². The third-order valence-electron chi connectivity index (χ3n) is 1.93. The van der Waals surface area contributed by atoms with Crippen LogP contribution in [-0.2, 0) is 0 Å². The van der Waals surface area contributed by atoms with Gasteiger partial charge >= 0.3 is 0 Å². The minimum absolute atomic E-state index is 0.573. The van der Waals surface area contributed by atoms with Crippen molar-refractivity contribution in [2.24, 2.45) is 0 Å². The summed E-state index contributed by atoms with van der Waals surface area (Å²) in [7, 11) is 0. The van der Waals surface area contributed by atoms with Crippen LogP contribution < -0.4 is 0 Å². The van der Waals surface area contributed by atoms with Gasteiger partial charge in [-0.15, -0.1) is 0 Å². The average Bonchev–Trinajstić information content (AvgIpc) is 2.70. The van der Waals surface area contributed by atoms with E-state index in [1.165, 1.54) is 0 Å². The molecular formula is C11H7ClO2. The van der Waals surface area contributed by atoms with Crippen molar-refractivity contribution in [2.45, 2.75) is 0 Å². The Morgan fingerprint density at radius 2 is 2.14 bits per heavy atom. The maximum Gasteiger partial charge on any atom is 0.150 e. The molecule has 1 heterocycles. The fourth-order valence-corrected chi connectivity index (χ4v) is 1.45. The SMILES string of the molecule is O=Cc1ccc(Cl)cc1-c1ccco1. The smallest absolute Gasteiger partial charge is 0.150 e. The van der Waals surface area contributed by atoms with Crippen LogP contribution >= 0.6 is 11.6 Å². The van der Waals surface area contributed by atoms with E-state index in [2.05, 4.69) is 0 Å². The van der Waals surface area contributed by atoms with E-state index in [1.54, 1.807) is 36.6 Å². The van der Waals surface area contributed by atoms with E-state index in [0.29, 0.717) is 16.3 Å². The summed E-state index contributed by atoms with van der Waals surface area (Å²) in [5.41, 5.74) is 1.29. The number of benzene rings is 1. The molecule has 0 bridgehead atoms. The summed E-state index contributed by atoms with van der Waals surface area (Å²) in [5, 5.41) is 0.585. The van der Waals surface area contributed by atoms with Gasteiger partial charge in [-0.2, -0.15) is 0 Å². The minimum Gasteiger partial charge on any atom is -0.464 e. The summed E-state index contributed by atoms with van der Waals surface area (Å²) in [6.45, 7) is 0. The predicted octanol–water partition coefficient (Wildman–Crippen LogP) is 3.41. The van der Waals surface area contributed by atoms with Gasteiger partial charge in [-0.3, -0.25) is 4.79 Å². The van der Waals surface area contributed by atoms with Crippen LogP contribution in [0.1, 0.15) is 10.4 Å². The first kappa shape index (κ1) is 9.03. The Bertz CT molecular complexity index is 446. The molecule has 0 radical (unpaired) electrons. The summed E-state index contributed by atoms with van der Waals surface area (Å²) < 4.78 is 5.20. The maximum atomic E-state index is 10.7. The van der Waals surface area contributed by atoms with Crippen molar-refractivity contribution in [1.29, 1.82) is 0 Å². The molecule has 0 N–H and O–H groups in total. The number of hydrogen-bond acceptors (Lipinski definition) is 2. The van der Waals surface area contributed by atoms with E-state index in [0.717, 1.165) is 11.8 Å². The molecule has 70 valence electrons. The van der Waals surface area contributed by atoms with Gasteiger partial charge in [-0.25, -0.2) is 0 Å². The van der Waals surface area contributed by atoms with Gasteiger partial charge in [0.05, 0.1) is 6.26 Å². The van der Waals surface area contributed by atoms with Crippen molar-refractivity contribution in [3.05, 3.63) is 47.2 Å². The topological polar surface area (TPSA) is 30.2 Å². The molecule has 2 rings (SSSR count). The Morgan fingerprint density at radius 1 is 1.29 bits per heavy atom. The van der Waals surface area contributed by atoms with Crippen molar-refractivity contribution >= 4 is 17.9 Å². The summed E-state index contributed by atoms with van der Waals surface area (Å²) in [6, 6.07) is 8.62. The second kappa shape index (κ2) is 3.68. The van der Waals surface area contributed by atoms with Gasteiger partial charge < -0.3 is 4.42 Å². The fraction of sp³-hybridized carbons (Fsp3) is 0. The van der Waals surface area contributed by atoms with E-state index < -0.39 is 0 Å². The largest absolute Gasteiger partial charge is 0.464 e. The van der Waals surface area contributed by atoms with Crippen LogP contribution in [0.15, 0.2) is 41.0 Å². The van der Waals surface area contributed by atoms with Crippen LogP contribution in [0.4, 0.5) is 0 Å². The lowest BCUT2D eigenvalue weighted by molar-refractivity contribution is 0.112. The molecule has 2 aromatic rings. The Balaban J connectivity index is 2.61. The highest BCUT2D eigenvalue weighted by Crippen LogP contribution is 2.26. The molecule has 0 saturated heterocycles. The molecule has 0 fully saturated rings. The fourth-order valence-electron chi connectivity index (χ4n) is 1.28. The highest BCUT2D eigenvalue weighted by atomic mass is 35.5. The van der Waals surface area contributed by atoms with Gasteiger partial charge in [-0.05, 0) is 30.3 Å². The van der Waals surface area contributed by atoms with Crippen molar-refractivity contribution in [1.82, 2.24) is 0 Å². The molecule has 1 aromatic carbocycles. The first-order valence-corrected chi connectivity index (χ1v) is 4.47. The molecule has 0 aliphatic heterocycles. The van der Waals surface area contributed by atoms with Gasteiger partial charge in [0.15, 0.2) is 6.29 Å².